The zero-order valence-corrected chi connectivity index (χ0v) is 50.3. The summed E-state index contributed by atoms with van der Waals surface area (Å²) in [6.07, 6.45) is 5.18. The maximum absolute atomic E-state index is 14.7. The second-order valence-electron chi connectivity index (χ2n) is 23.5. The van der Waals surface area contributed by atoms with Crippen molar-refractivity contribution >= 4 is 88.0 Å². The molecule has 18 nitrogen and oxygen atoms in total. The summed E-state index contributed by atoms with van der Waals surface area (Å²) < 4.78 is 0.427. The van der Waals surface area contributed by atoms with E-state index >= 15 is 0 Å². The smallest absolute Gasteiger partial charge is 0.251 e. The summed E-state index contributed by atoms with van der Waals surface area (Å²) in [6, 6.07) is 13.5. The van der Waals surface area contributed by atoms with E-state index in [1.165, 1.54) is 15.9 Å². The molecule has 3 aromatic carbocycles. The number of aryl methyl sites for hydroxylation is 2. The van der Waals surface area contributed by atoms with Crippen LogP contribution in [0.15, 0.2) is 71.2 Å². The Balaban J connectivity index is 0.00000574. The number of nitrogens with one attached hydrogen (secondary N) is 8. The van der Waals surface area contributed by atoms with Gasteiger partial charge in [0.05, 0.1) is 24.2 Å². The van der Waals surface area contributed by atoms with Crippen LogP contribution in [0, 0.1) is 10.8 Å². The van der Waals surface area contributed by atoms with Crippen LogP contribution in [0.5, 0.6) is 0 Å². The molecule has 2 unspecified atom stereocenters. The number of carbonyl (C=O) groups is 8. The van der Waals surface area contributed by atoms with Crippen LogP contribution in [-0.2, 0) is 41.6 Å². The lowest BCUT2D eigenvalue weighted by Gasteiger charge is -2.36. The van der Waals surface area contributed by atoms with E-state index in [-0.39, 0.29) is 97.6 Å². The summed E-state index contributed by atoms with van der Waals surface area (Å²) in [7, 11) is 3.30. The molecular formula is C58H81BrCl2N10O8. The summed E-state index contributed by atoms with van der Waals surface area (Å²) in [5.74, 6) is -3.49. The van der Waals surface area contributed by atoms with E-state index in [1.54, 1.807) is 40.1 Å². The Kier molecular flexibility index (Phi) is 22.1. The van der Waals surface area contributed by atoms with Crippen LogP contribution in [0.1, 0.15) is 149 Å². The van der Waals surface area contributed by atoms with Gasteiger partial charge in [0.2, 0.25) is 35.4 Å². The highest BCUT2D eigenvalue weighted by Crippen LogP contribution is 2.34. The van der Waals surface area contributed by atoms with Crippen molar-refractivity contribution in [3.05, 3.63) is 105 Å². The molecule has 2 aliphatic heterocycles. The highest BCUT2D eigenvalue weighted by molar-refractivity contribution is 9.10. The minimum absolute atomic E-state index is 0. The molecule has 79 heavy (non-hydrogen) atoms. The molecule has 2 saturated heterocycles. The van der Waals surface area contributed by atoms with Crippen molar-refractivity contribution in [1.82, 2.24) is 52.3 Å². The Morgan fingerprint density at radius 3 is 1.28 bits per heavy atom. The molecule has 0 saturated carbocycles. The maximum Gasteiger partial charge on any atom is 0.251 e. The number of hydrogen-bond donors (Lipinski definition) is 8. The number of likely N-dealkylation sites (tertiary alicyclic amines) is 2. The number of carbonyl (C=O) groups excluding carboxylic acids is 8. The van der Waals surface area contributed by atoms with E-state index < -0.39 is 82.8 Å². The van der Waals surface area contributed by atoms with E-state index in [0.717, 1.165) is 60.8 Å². The topological polar surface area (TPSA) is 239 Å². The molecule has 7 rings (SSSR count). The number of benzene rings is 3. The molecule has 0 aromatic heterocycles. The Labute approximate surface area is 486 Å². The molecule has 0 radical (unpaired) electrons. The average Bonchev–Trinajstić information content (AvgIpc) is 4.15. The van der Waals surface area contributed by atoms with Crippen LogP contribution in [-0.4, -0.2) is 133 Å². The second kappa shape index (κ2) is 27.2. The number of likely N-dealkylation sites (N-methyl/N-ethyl adjacent to an activating group) is 2. The Bertz CT molecular complexity index is 2560. The normalized spacial score (nSPS) is 22.2. The van der Waals surface area contributed by atoms with Gasteiger partial charge in [-0.1, -0.05) is 106 Å². The standard InChI is InChI=1S/C58H79BrN10O8.2ClH/c1-32(60-9)49(70)66-47(57(3,4)5)55(76)68-30-39(28-45(68)53(74)64-43-23-15-19-34-17-11-13-21-41(34)43)62-51(72)36-25-37(27-38(59)26-36)52(73)63-40-29-46(54(75)65-44-24-16-20-35-18-12-14-22-42(35)44)69(31-40)56(77)48(58(6,7)8)67-50(71)33(2)61-10;;/h11-14,17-18,21-22,25-27,32-33,39-40,43-48,60-61H,15-16,19-20,23-24,28-31H2,1-10H3,(H,62,72)(H,63,73)(H,64,74)(H,65,75)(H,66,70)(H,67,71);2*1H/t32-,33-,39-,40-,43+,44?,45?,46-,47+,48+;;/m0../s1. The highest BCUT2D eigenvalue weighted by Gasteiger charge is 2.48. The summed E-state index contributed by atoms with van der Waals surface area (Å²) in [5, 5.41) is 24.2. The van der Waals surface area contributed by atoms with Crippen LogP contribution in [0.2, 0.25) is 0 Å². The van der Waals surface area contributed by atoms with Gasteiger partial charge in [-0.25, -0.2) is 0 Å². The third-order valence-corrected chi connectivity index (χ3v) is 16.1. The third-order valence-electron chi connectivity index (χ3n) is 15.7. The summed E-state index contributed by atoms with van der Waals surface area (Å²) in [6.45, 7) is 14.4. The van der Waals surface area contributed by atoms with Crippen molar-refractivity contribution in [1.29, 1.82) is 0 Å². The van der Waals surface area contributed by atoms with Crippen LogP contribution in [0.25, 0.3) is 0 Å². The highest BCUT2D eigenvalue weighted by atomic mass is 79.9. The fourth-order valence-corrected chi connectivity index (χ4v) is 11.5. The number of rotatable bonds is 16. The fourth-order valence-electron chi connectivity index (χ4n) is 11.0. The Hall–Kier alpha value is -5.60. The lowest BCUT2D eigenvalue weighted by molar-refractivity contribution is -0.144. The number of amides is 8. The predicted molar refractivity (Wildman–Crippen MR) is 312 cm³/mol. The number of hydrogen-bond acceptors (Lipinski definition) is 10. The van der Waals surface area contributed by atoms with Crippen LogP contribution in [0.4, 0.5) is 0 Å². The number of fused-ring (bicyclic) bond motifs is 2. The van der Waals surface area contributed by atoms with Crippen molar-refractivity contribution in [2.45, 2.75) is 167 Å². The van der Waals surface area contributed by atoms with Crippen molar-refractivity contribution < 1.29 is 38.4 Å². The van der Waals surface area contributed by atoms with Gasteiger partial charge in [0, 0.05) is 40.8 Å². The molecule has 2 heterocycles. The molecule has 0 bridgehead atoms. The molecule has 3 aromatic rings. The molecule has 21 heteroatoms. The van der Waals surface area contributed by atoms with E-state index in [4.69, 9.17) is 0 Å². The molecule has 4 aliphatic rings. The third kappa shape index (κ3) is 15.4. The predicted octanol–water partition coefficient (Wildman–Crippen LogP) is 5.36. The van der Waals surface area contributed by atoms with Crippen LogP contribution < -0.4 is 42.5 Å². The maximum atomic E-state index is 14.7. The number of halogens is 3. The average molecular weight is 1200 g/mol. The van der Waals surface area contributed by atoms with E-state index in [0.29, 0.717) is 4.47 Å². The first-order valence-electron chi connectivity index (χ1n) is 27.1. The van der Waals surface area contributed by atoms with Gasteiger partial charge in [-0.05, 0) is 131 Å². The van der Waals surface area contributed by atoms with Gasteiger partial charge < -0.3 is 52.3 Å². The van der Waals surface area contributed by atoms with E-state index in [1.807, 2.05) is 77.9 Å². The zero-order valence-electron chi connectivity index (χ0n) is 47.1. The molecule has 2 aliphatic carbocycles. The zero-order chi connectivity index (χ0) is 56.1. The second-order valence-corrected chi connectivity index (χ2v) is 24.4. The lowest BCUT2D eigenvalue weighted by atomic mass is 9.85. The summed E-state index contributed by atoms with van der Waals surface area (Å²) in [5.41, 5.74) is 3.13. The molecular weight excluding hydrogens is 1120 g/mol. The van der Waals surface area contributed by atoms with Gasteiger partial charge in [0.25, 0.3) is 11.8 Å². The lowest BCUT2D eigenvalue weighted by Crippen LogP contribution is -2.59. The van der Waals surface area contributed by atoms with Crippen molar-refractivity contribution in [2.75, 3.05) is 27.2 Å². The van der Waals surface area contributed by atoms with E-state index in [2.05, 4.69) is 70.6 Å². The first kappa shape index (κ1) is 64.2. The molecule has 432 valence electrons. The molecule has 8 amide bonds. The fraction of sp³-hybridized carbons (Fsp3) is 0.552. The molecule has 8 N–H and O–H groups in total. The monoisotopic (exact) mass is 1190 g/mol. The quantitative estimate of drug-likeness (QED) is 0.0915. The summed E-state index contributed by atoms with van der Waals surface area (Å²) >= 11 is 3.50. The SMILES string of the molecule is CN[C@@H](C)C(=O)N[C@H](C(=O)N1C[C@@H](NC(=O)c2cc(Br)cc(C(=O)N[C@H]3C[C@@H](C(=O)NC4CCCc5ccccc54)N(C(=O)[C@@H](NC(=O)[C@H](C)NC)C(C)(C)C)C3)c2)CC1C(=O)N[C@@H]1CCCc2ccccc21)C(C)(C)C.Cl.Cl. The first-order valence-corrected chi connectivity index (χ1v) is 27.9. The molecule has 0 spiro atoms. The Morgan fingerprint density at radius 1 is 0.557 bits per heavy atom. The summed E-state index contributed by atoms with van der Waals surface area (Å²) in [4.78, 5) is 117. The van der Waals surface area contributed by atoms with Gasteiger partial charge >= 0.3 is 0 Å². The molecule has 2 fully saturated rings. The first-order chi connectivity index (χ1) is 36.4. The van der Waals surface area contributed by atoms with Crippen LogP contribution >= 0.6 is 40.7 Å². The van der Waals surface area contributed by atoms with Gasteiger partial charge in [-0.15, -0.1) is 24.8 Å². The Morgan fingerprint density at radius 2 is 0.924 bits per heavy atom. The molecule has 10 atom stereocenters. The largest absolute Gasteiger partial charge is 0.347 e. The minimum atomic E-state index is -1.01. The van der Waals surface area contributed by atoms with Crippen molar-refractivity contribution in [2.24, 2.45) is 10.8 Å². The van der Waals surface area contributed by atoms with Gasteiger partial charge in [0.15, 0.2) is 0 Å². The van der Waals surface area contributed by atoms with E-state index in [9.17, 15) is 38.4 Å². The van der Waals surface area contributed by atoms with Crippen molar-refractivity contribution in [3.63, 3.8) is 0 Å². The van der Waals surface area contributed by atoms with Gasteiger partial charge in [0.1, 0.15) is 24.2 Å². The van der Waals surface area contributed by atoms with Gasteiger partial charge in [-0.3, -0.25) is 38.4 Å². The number of nitrogens with zero attached hydrogens (tertiary/aromatic N) is 2. The van der Waals surface area contributed by atoms with Gasteiger partial charge in [-0.2, -0.15) is 0 Å². The van der Waals surface area contributed by atoms with Crippen molar-refractivity contribution in [3.8, 4) is 0 Å². The van der Waals surface area contributed by atoms with Crippen LogP contribution in [0.3, 0.4) is 0 Å². The minimum Gasteiger partial charge on any atom is -0.347 e.